The Morgan fingerprint density at radius 3 is 2.83 bits per heavy atom. The molecule has 3 aromatic rings. The Morgan fingerprint density at radius 1 is 1.28 bits per heavy atom. The minimum Gasteiger partial charge on any atom is -0.469 e. The number of anilines is 1. The van der Waals surface area contributed by atoms with E-state index in [2.05, 4.69) is 21.4 Å². The Bertz CT molecular complexity index is 1290. The van der Waals surface area contributed by atoms with E-state index in [0.29, 0.717) is 36.5 Å². The number of hydrogen-bond acceptors (Lipinski definition) is 7. The lowest BCUT2D eigenvalue weighted by Gasteiger charge is -2.22. The van der Waals surface area contributed by atoms with Crippen LogP contribution in [0.5, 0.6) is 0 Å². The first-order chi connectivity index (χ1) is 17.4. The molecule has 0 fully saturated rings. The van der Waals surface area contributed by atoms with E-state index in [1.165, 1.54) is 12.0 Å². The molecule has 2 heterocycles. The van der Waals surface area contributed by atoms with Gasteiger partial charge in [-0.15, -0.1) is 0 Å². The molecular weight excluding hydrogens is 460 g/mol. The molecule has 1 aliphatic heterocycles. The molecule has 0 aliphatic carbocycles. The van der Waals surface area contributed by atoms with Gasteiger partial charge >= 0.3 is 5.97 Å². The van der Waals surface area contributed by atoms with Crippen LogP contribution in [0.15, 0.2) is 42.5 Å². The van der Waals surface area contributed by atoms with Gasteiger partial charge in [-0.25, -0.2) is 4.98 Å². The number of esters is 1. The number of carbonyl (C=O) groups excluding carboxylic acids is 3. The SMILES string of the molecule is COC(=O)C[C@@H]1Nc2ccc(C(=O)N(CCCC#N)Cc3nc4ccccc4[nH]3)cc2CN(C)C1=O. The number of methoxy groups -OCH3 is 1. The van der Waals surface area contributed by atoms with Gasteiger partial charge in [0.1, 0.15) is 11.9 Å². The molecule has 0 saturated heterocycles. The van der Waals surface area contributed by atoms with Gasteiger partial charge in [0.05, 0.1) is 37.2 Å². The number of carbonyl (C=O) groups is 3. The topological polar surface area (TPSA) is 131 Å². The fourth-order valence-electron chi connectivity index (χ4n) is 4.28. The van der Waals surface area contributed by atoms with Crippen LogP contribution in [-0.2, 0) is 27.4 Å². The van der Waals surface area contributed by atoms with Crippen molar-refractivity contribution in [2.24, 2.45) is 0 Å². The molecule has 36 heavy (non-hydrogen) atoms. The number of imidazole rings is 1. The number of nitriles is 1. The van der Waals surface area contributed by atoms with E-state index < -0.39 is 12.0 Å². The molecule has 1 aromatic heterocycles. The summed E-state index contributed by atoms with van der Waals surface area (Å²) >= 11 is 0. The fraction of sp³-hybridized carbons (Fsp3) is 0.346. The van der Waals surface area contributed by atoms with Gasteiger partial charge in [-0.1, -0.05) is 12.1 Å². The van der Waals surface area contributed by atoms with E-state index in [1.807, 2.05) is 24.3 Å². The van der Waals surface area contributed by atoms with Crippen molar-refractivity contribution in [1.82, 2.24) is 19.8 Å². The number of amides is 2. The quantitative estimate of drug-likeness (QED) is 0.368. The predicted molar refractivity (Wildman–Crippen MR) is 133 cm³/mol. The lowest BCUT2D eigenvalue weighted by atomic mass is 10.1. The highest BCUT2D eigenvalue weighted by atomic mass is 16.5. The highest BCUT2D eigenvalue weighted by Crippen LogP contribution is 2.26. The van der Waals surface area contributed by atoms with Crippen molar-refractivity contribution in [3.8, 4) is 6.07 Å². The van der Waals surface area contributed by atoms with Crippen molar-refractivity contribution in [3.63, 3.8) is 0 Å². The number of para-hydroxylation sites is 2. The number of nitrogens with one attached hydrogen (secondary N) is 2. The molecule has 2 N–H and O–H groups in total. The average Bonchev–Trinajstić information content (AvgIpc) is 3.25. The van der Waals surface area contributed by atoms with Crippen LogP contribution in [0.4, 0.5) is 5.69 Å². The van der Waals surface area contributed by atoms with Gasteiger partial charge in [0.15, 0.2) is 0 Å². The summed E-state index contributed by atoms with van der Waals surface area (Å²) in [7, 11) is 2.94. The van der Waals surface area contributed by atoms with Crippen molar-refractivity contribution in [2.45, 2.75) is 38.4 Å². The number of unbranched alkanes of at least 4 members (excludes halogenated alkanes) is 1. The molecule has 4 rings (SSSR count). The highest BCUT2D eigenvalue weighted by molar-refractivity contribution is 5.96. The largest absolute Gasteiger partial charge is 0.469 e. The molecule has 1 aliphatic rings. The van der Waals surface area contributed by atoms with E-state index in [-0.39, 0.29) is 31.3 Å². The summed E-state index contributed by atoms with van der Waals surface area (Å²) in [6.45, 7) is 0.962. The van der Waals surface area contributed by atoms with Crippen LogP contribution in [0.2, 0.25) is 0 Å². The summed E-state index contributed by atoms with van der Waals surface area (Å²) in [4.78, 5) is 49.2. The number of rotatable bonds is 8. The number of fused-ring (bicyclic) bond motifs is 2. The van der Waals surface area contributed by atoms with E-state index in [0.717, 1.165) is 16.6 Å². The van der Waals surface area contributed by atoms with Crippen molar-refractivity contribution >= 4 is 34.5 Å². The van der Waals surface area contributed by atoms with Crippen LogP contribution in [-0.4, -0.2) is 64.3 Å². The molecule has 10 nitrogen and oxygen atoms in total. The molecule has 0 bridgehead atoms. The number of aromatic amines is 1. The Hall–Kier alpha value is -4.39. The molecule has 0 radical (unpaired) electrons. The number of ether oxygens (including phenoxy) is 1. The molecule has 2 aromatic carbocycles. The summed E-state index contributed by atoms with van der Waals surface area (Å²) in [6, 6.07) is 14.3. The lowest BCUT2D eigenvalue weighted by molar-refractivity contribution is -0.143. The molecule has 1 atom stereocenters. The summed E-state index contributed by atoms with van der Waals surface area (Å²) in [5, 5.41) is 12.1. The number of H-pyrrole nitrogens is 1. The maximum atomic E-state index is 13.6. The Labute approximate surface area is 208 Å². The Balaban J connectivity index is 1.58. The van der Waals surface area contributed by atoms with Gasteiger partial charge in [0.2, 0.25) is 5.91 Å². The van der Waals surface area contributed by atoms with Gasteiger partial charge < -0.3 is 24.8 Å². The zero-order chi connectivity index (χ0) is 25.7. The highest BCUT2D eigenvalue weighted by Gasteiger charge is 2.30. The number of likely N-dealkylation sites (N-methyl/N-ethyl adjacent to an activating group) is 1. The summed E-state index contributed by atoms with van der Waals surface area (Å²) < 4.78 is 4.72. The summed E-state index contributed by atoms with van der Waals surface area (Å²) in [6.07, 6.45) is 0.790. The minimum absolute atomic E-state index is 0.0933. The van der Waals surface area contributed by atoms with Gasteiger partial charge in [-0.2, -0.15) is 5.26 Å². The number of hydrogen-bond donors (Lipinski definition) is 2. The molecule has 2 amide bonds. The first kappa shape index (κ1) is 24.7. The average molecular weight is 489 g/mol. The summed E-state index contributed by atoms with van der Waals surface area (Å²) in [5.41, 5.74) is 3.64. The van der Waals surface area contributed by atoms with E-state index in [4.69, 9.17) is 10.00 Å². The molecule has 0 spiro atoms. The van der Waals surface area contributed by atoms with Crippen LogP contribution in [0.25, 0.3) is 11.0 Å². The predicted octanol–water partition coefficient (Wildman–Crippen LogP) is 2.82. The number of nitrogens with zero attached hydrogens (tertiary/aromatic N) is 4. The van der Waals surface area contributed by atoms with E-state index >= 15 is 0 Å². The number of benzene rings is 2. The molecule has 10 heteroatoms. The Morgan fingerprint density at radius 2 is 2.08 bits per heavy atom. The van der Waals surface area contributed by atoms with Gasteiger partial charge in [0.25, 0.3) is 5.91 Å². The zero-order valence-electron chi connectivity index (χ0n) is 20.3. The summed E-state index contributed by atoms with van der Waals surface area (Å²) in [5.74, 6) is -0.245. The van der Waals surface area contributed by atoms with Crippen LogP contribution < -0.4 is 5.32 Å². The molecule has 0 saturated carbocycles. The van der Waals surface area contributed by atoms with Crippen LogP contribution in [0.3, 0.4) is 0 Å². The van der Waals surface area contributed by atoms with Crippen molar-refractivity contribution in [2.75, 3.05) is 26.0 Å². The monoisotopic (exact) mass is 488 g/mol. The van der Waals surface area contributed by atoms with E-state index in [1.54, 1.807) is 30.1 Å². The lowest BCUT2D eigenvalue weighted by Crippen LogP contribution is -2.39. The maximum absolute atomic E-state index is 13.6. The van der Waals surface area contributed by atoms with Crippen LogP contribution in [0, 0.1) is 11.3 Å². The van der Waals surface area contributed by atoms with Crippen molar-refractivity contribution < 1.29 is 19.1 Å². The molecular formula is C26H28N6O4. The number of aromatic nitrogens is 2. The minimum atomic E-state index is -0.749. The van der Waals surface area contributed by atoms with E-state index in [9.17, 15) is 14.4 Å². The zero-order valence-corrected chi connectivity index (χ0v) is 20.3. The molecule has 186 valence electrons. The smallest absolute Gasteiger partial charge is 0.308 e. The van der Waals surface area contributed by atoms with Crippen LogP contribution in [0.1, 0.15) is 41.0 Å². The fourth-order valence-corrected chi connectivity index (χ4v) is 4.28. The second-order valence-corrected chi connectivity index (χ2v) is 8.73. The van der Waals surface area contributed by atoms with Gasteiger partial charge in [-0.3, -0.25) is 14.4 Å². The van der Waals surface area contributed by atoms with Crippen molar-refractivity contribution in [1.29, 1.82) is 5.26 Å². The molecule has 0 unspecified atom stereocenters. The third-order valence-electron chi connectivity index (χ3n) is 6.15. The first-order valence-corrected chi connectivity index (χ1v) is 11.7. The third kappa shape index (κ3) is 5.46. The Kier molecular flexibility index (Phi) is 7.49. The normalized spacial score (nSPS) is 15.0. The van der Waals surface area contributed by atoms with Crippen molar-refractivity contribution in [3.05, 3.63) is 59.4 Å². The maximum Gasteiger partial charge on any atom is 0.308 e. The first-order valence-electron chi connectivity index (χ1n) is 11.7. The second kappa shape index (κ2) is 10.9. The second-order valence-electron chi connectivity index (χ2n) is 8.73. The van der Waals surface area contributed by atoms with Gasteiger partial charge in [-0.05, 0) is 42.3 Å². The third-order valence-corrected chi connectivity index (χ3v) is 6.15. The van der Waals surface area contributed by atoms with Crippen LogP contribution >= 0.6 is 0 Å². The standard InChI is InChI=1S/C26H28N6O4/c1-31-15-18-13-17(9-10-19(18)28-22(26(31)35)14-24(33)36-2)25(34)32(12-6-5-11-27)16-23-29-20-7-3-4-8-21(20)30-23/h3-4,7-10,13,22,28H,5-6,12,14-16H2,1-2H3,(H,29,30)/t22-/m0/s1. The van der Waals surface area contributed by atoms with Gasteiger partial charge in [0, 0.05) is 37.8 Å².